The van der Waals surface area contributed by atoms with E-state index in [-0.39, 0.29) is 17.3 Å². The van der Waals surface area contributed by atoms with Gasteiger partial charge >= 0.3 is 0 Å². The van der Waals surface area contributed by atoms with Crippen LogP contribution >= 0.6 is 10.7 Å². The number of halogens is 1. The molecule has 1 fully saturated rings. The Hall–Kier alpha value is -1.31. The molecule has 1 N–H and O–H groups in total. The zero-order chi connectivity index (χ0) is 17.0. The van der Waals surface area contributed by atoms with Gasteiger partial charge < -0.3 is 10.1 Å². The summed E-state index contributed by atoms with van der Waals surface area (Å²) in [5.41, 5.74) is 0.296. The molecular formula is C15H21ClN2O4S. The summed E-state index contributed by atoms with van der Waals surface area (Å²) in [6.07, 6.45) is 2.16. The third-order valence-corrected chi connectivity index (χ3v) is 5.32. The van der Waals surface area contributed by atoms with E-state index in [0.717, 1.165) is 25.9 Å². The molecule has 0 aromatic heterocycles. The van der Waals surface area contributed by atoms with Gasteiger partial charge in [0, 0.05) is 10.7 Å². The number of benzene rings is 1. The number of methoxy groups -OCH3 is 1. The Bertz CT molecular complexity index is 670. The van der Waals surface area contributed by atoms with Gasteiger partial charge in [-0.05, 0) is 50.0 Å². The van der Waals surface area contributed by atoms with E-state index in [1.165, 1.54) is 25.3 Å². The predicted octanol–water partition coefficient (Wildman–Crippen LogP) is 2.29. The van der Waals surface area contributed by atoms with Crippen LogP contribution < -0.4 is 10.1 Å². The van der Waals surface area contributed by atoms with Crippen molar-refractivity contribution in [2.45, 2.75) is 24.7 Å². The van der Waals surface area contributed by atoms with Crippen molar-refractivity contribution in [3.05, 3.63) is 18.2 Å². The lowest BCUT2D eigenvalue weighted by atomic mass is 9.99. The Labute approximate surface area is 141 Å². The summed E-state index contributed by atoms with van der Waals surface area (Å²) in [4.78, 5) is 14.2. The summed E-state index contributed by atoms with van der Waals surface area (Å²) in [6.45, 7) is 4.26. The van der Waals surface area contributed by atoms with Crippen molar-refractivity contribution in [3.8, 4) is 5.75 Å². The maximum atomic E-state index is 12.2. The molecule has 6 nitrogen and oxygen atoms in total. The number of amides is 1. The molecule has 1 aromatic carbocycles. The molecule has 1 aliphatic rings. The molecule has 128 valence electrons. The molecule has 0 aliphatic carbocycles. The Kier molecular flexibility index (Phi) is 5.89. The number of nitrogens with zero attached hydrogens (tertiary/aromatic N) is 1. The first-order valence-electron chi connectivity index (χ1n) is 7.44. The summed E-state index contributed by atoms with van der Waals surface area (Å²) in [5.74, 6) is 0.872. The molecule has 0 radical (unpaired) electrons. The first-order valence-corrected chi connectivity index (χ1v) is 9.75. The second kappa shape index (κ2) is 7.51. The molecule has 0 bridgehead atoms. The summed E-state index contributed by atoms with van der Waals surface area (Å²) < 4.78 is 28.0. The van der Waals surface area contributed by atoms with E-state index in [2.05, 4.69) is 17.1 Å². The van der Waals surface area contributed by atoms with Crippen LogP contribution in [0.3, 0.4) is 0 Å². The largest absolute Gasteiger partial charge is 0.495 e. The van der Waals surface area contributed by atoms with Gasteiger partial charge in [-0.1, -0.05) is 6.92 Å². The first-order chi connectivity index (χ1) is 10.8. The van der Waals surface area contributed by atoms with Crippen LogP contribution in [0.4, 0.5) is 5.69 Å². The van der Waals surface area contributed by atoms with Gasteiger partial charge in [-0.2, -0.15) is 0 Å². The second-order valence-electron chi connectivity index (χ2n) is 5.81. The van der Waals surface area contributed by atoms with Crippen molar-refractivity contribution in [1.29, 1.82) is 0 Å². The summed E-state index contributed by atoms with van der Waals surface area (Å²) in [7, 11) is 2.93. The van der Waals surface area contributed by atoms with Crippen LogP contribution in [0.2, 0.25) is 0 Å². The fourth-order valence-electron chi connectivity index (χ4n) is 2.55. The molecule has 8 heteroatoms. The highest BCUT2D eigenvalue weighted by Gasteiger charge is 2.19. The lowest BCUT2D eigenvalue weighted by molar-refractivity contribution is -0.117. The lowest BCUT2D eigenvalue weighted by Gasteiger charge is -2.29. The molecule has 0 atom stereocenters. The SMILES string of the molecule is COc1ccc(S(=O)(=O)Cl)cc1NC(=O)CN1CCC(C)CC1. The zero-order valence-corrected chi connectivity index (χ0v) is 14.8. The number of ether oxygens (including phenoxy) is 1. The van der Waals surface area contributed by atoms with E-state index in [1.54, 1.807) is 0 Å². The van der Waals surface area contributed by atoms with E-state index >= 15 is 0 Å². The van der Waals surface area contributed by atoms with Gasteiger partial charge in [0.25, 0.3) is 9.05 Å². The molecule has 0 spiro atoms. The van der Waals surface area contributed by atoms with Crippen LogP contribution in [0, 0.1) is 5.92 Å². The van der Waals surface area contributed by atoms with Gasteiger partial charge in [-0.15, -0.1) is 0 Å². The maximum Gasteiger partial charge on any atom is 0.261 e. The molecular weight excluding hydrogens is 340 g/mol. The first kappa shape index (κ1) is 18.0. The van der Waals surface area contributed by atoms with Crippen LogP contribution in [0.15, 0.2) is 23.1 Å². The van der Waals surface area contributed by atoms with E-state index < -0.39 is 9.05 Å². The van der Waals surface area contributed by atoms with Crippen molar-refractivity contribution in [1.82, 2.24) is 4.90 Å². The van der Waals surface area contributed by atoms with Gasteiger partial charge in [0.05, 0.1) is 24.2 Å². The molecule has 23 heavy (non-hydrogen) atoms. The number of hydrogen-bond acceptors (Lipinski definition) is 5. The number of carbonyl (C=O) groups is 1. The summed E-state index contributed by atoms with van der Waals surface area (Å²) in [5, 5.41) is 2.70. The van der Waals surface area contributed by atoms with Crippen molar-refractivity contribution in [2.75, 3.05) is 32.1 Å². The van der Waals surface area contributed by atoms with Crippen molar-refractivity contribution in [2.24, 2.45) is 5.92 Å². The molecule has 1 amide bonds. The van der Waals surface area contributed by atoms with E-state index in [4.69, 9.17) is 15.4 Å². The third kappa shape index (κ3) is 5.09. The normalized spacial score (nSPS) is 17.0. The van der Waals surface area contributed by atoms with Crippen molar-refractivity contribution in [3.63, 3.8) is 0 Å². The van der Waals surface area contributed by atoms with Gasteiger partial charge in [-0.25, -0.2) is 8.42 Å². The average molecular weight is 361 g/mol. The third-order valence-electron chi connectivity index (χ3n) is 3.97. The number of piperidine rings is 1. The molecule has 2 rings (SSSR count). The molecule has 1 saturated heterocycles. The Balaban J connectivity index is 2.07. The van der Waals surface area contributed by atoms with Gasteiger partial charge in [-0.3, -0.25) is 9.69 Å². The highest BCUT2D eigenvalue weighted by Crippen LogP contribution is 2.29. The van der Waals surface area contributed by atoms with E-state index in [9.17, 15) is 13.2 Å². The van der Waals surface area contributed by atoms with Crippen LogP contribution in [0.5, 0.6) is 5.75 Å². The fourth-order valence-corrected chi connectivity index (χ4v) is 3.33. The Morgan fingerprint density at radius 3 is 2.61 bits per heavy atom. The number of hydrogen-bond donors (Lipinski definition) is 1. The standard InChI is InChI=1S/C15H21ClN2O4S/c1-11-5-7-18(8-6-11)10-15(19)17-13-9-12(23(16,20)21)3-4-14(13)22-2/h3-4,9,11H,5-8,10H2,1-2H3,(H,17,19). The molecule has 0 unspecified atom stereocenters. The number of nitrogens with one attached hydrogen (secondary N) is 1. The average Bonchev–Trinajstić information content (AvgIpc) is 2.48. The minimum absolute atomic E-state index is 0.0814. The summed E-state index contributed by atoms with van der Waals surface area (Å²) >= 11 is 0. The smallest absolute Gasteiger partial charge is 0.261 e. The van der Waals surface area contributed by atoms with Crippen molar-refractivity contribution >= 4 is 31.3 Å². The summed E-state index contributed by atoms with van der Waals surface area (Å²) in [6, 6.07) is 4.10. The van der Waals surface area contributed by atoms with Gasteiger partial charge in [0.1, 0.15) is 5.75 Å². The molecule has 1 aliphatic heterocycles. The maximum absolute atomic E-state index is 12.2. The fraction of sp³-hybridized carbons (Fsp3) is 0.533. The number of carbonyl (C=O) groups excluding carboxylic acids is 1. The topological polar surface area (TPSA) is 75.7 Å². The Morgan fingerprint density at radius 2 is 2.04 bits per heavy atom. The zero-order valence-electron chi connectivity index (χ0n) is 13.2. The molecule has 1 heterocycles. The highest BCUT2D eigenvalue weighted by atomic mass is 35.7. The molecule has 1 aromatic rings. The quantitative estimate of drug-likeness (QED) is 0.815. The lowest BCUT2D eigenvalue weighted by Crippen LogP contribution is -2.38. The minimum atomic E-state index is -3.86. The number of rotatable bonds is 5. The van der Waals surface area contributed by atoms with Crippen LogP contribution in [-0.2, 0) is 13.8 Å². The van der Waals surface area contributed by atoms with E-state index in [1.807, 2.05) is 0 Å². The monoisotopic (exact) mass is 360 g/mol. The van der Waals surface area contributed by atoms with Crippen LogP contribution in [0.25, 0.3) is 0 Å². The van der Waals surface area contributed by atoms with Crippen LogP contribution in [0.1, 0.15) is 19.8 Å². The van der Waals surface area contributed by atoms with Gasteiger partial charge in [0.2, 0.25) is 5.91 Å². The number of likely N-dealkylation sites (tertiary alicyclic amines) is 1. The number of anilines is 1. The Morgan fingerprint density at radius 1 is 1.39 bits per heavy atom. The van der Waals surface area contributed by atoms with Crippen LogP contribution in [-0.4, -0.2) is 46.0 Å². The molecule has 0 saturated carbocycles. The highest BCUT2D eigenvalue weighted by molar-refractivity contribution is 8.13. The second-order valence-corrected chi connectivity index (χ2v) is 8.37. The minimum Gasteiger partial charge on any atom is -0.495 e. The van der Waals surface area contributed by atoms with Crippen molar-refractivity contribution < 1.29 is 17.9 Å². The predicted molar refractivity (Wildman–Crippen MR) is 89.5 cm³/mol. The van der Waals surface area contributed by atoms with E-state index in [0.29, 0.717) is 17.4 Å². The van der Waals surface area contributed by atoms with Gasteiger partial charge in [0.15, 0.2) is 0 Å².